The molecule has 2 rings (SSSR count). The fraction of sp³-hybridized carbons (Fsp3) is 0.556. The van der Waals surface area contributed by atoms with E-state index in [1.807, 2.05) is 13.8 Å². The molecule has 138 valence electrons. The van der Waals surface area contributed by atoms with E-state index in [1.54, 1.807) is 19.0 Å². The third-order valence-corrected chi connectivity index (χ3v) is 4.66. The van der Waals surface area contributed by atoms with E-state index in [9.17, 15) is 18.4 Å². The minimum Gasteiger partial charge on any atom is -0.340 e. The fourth-order valence-corrected chi connectivity index (χ4v) is 3.11. The van der Waals surface area contributed by atoms with Crippen LogP contribution in [0.25, 0.3) is 0 Å². The van der Waals surface area contributed by atoms with Crippen LogP contribution in [0, 0.1) is 23.5 Å². The van der Waals surface area contributed by atoms with Crippen molar-refractivity contribution in [3.8, 4) is 0 Å². The first-order valence-electron chi connectivity index (χ1n) is 8.39. The summed E-state index contributed by atoms with van der Waals surface area (Å²) in [4.78, 5) is 27.5. The molecule has 1 aliphatic heterocycles. The quantitative estimate of drug-likeness (QED) is 0.903. The van der Waals surface area contributed by atoms with Crippen LogP contribution in [0.1, 0.15) is 19.4 Å². The molecule has 0 aliphatic carbocycles. The lowest BCUT2D eigenvalue weighted by molar-refractivity contribution is -0.129. The third-order valence-electron chi connectivity index (χ3n) is 4.66. The summed E-state index contributed by atoms with van der Waals surface area (Å²) < 4.78 is 27.1. The highest BCUT2D eigenvalue weighted by molar-refractivity contribution is 5.79. The van der Waals surface area contributed by atoms with Crippen molar-refractivity contribution in [3.05, 3.63) is 35.4 Å². The number of rotatable bonds is 4. The fourth-order valence-electron chi connectivity index (χ4n) is 3.11. The molecule has 1 N–H and O–H groups in total. The standard InChI is InChI=1S/C18H25F2N3O2/c1-11(2)13-9-23(10-15(13)21-18(25)22(3)4)16(24)8-12-6-5-7-14(19)17(12)20/h5-7,11,13,15H,8-10H2,1-4H3,(H,21,25). The number of nitrogens with zero attached hydrogens (tertiary/aromatic N) is 2. The van der Waals surface area contributed by atoms with Gasteiger partial charge in [0.2, 0.25) is 5.91 Å². The maximum atomic E-state index is 13.8. The van der Waals surface area contributed by atoms with Crippen molar-refractivity contribution in [2.45, 2.75) is 26.3 Å². The number of urea groups is 1. The molecule has 1 aromatic carbocycles. The zero-order chi connectivity index (χ0) is 18.7. The molecule has 0 bridgehead atoms. The van der Waals surface area contributed by atoms with Gasteiger partial charge in [0, 0.05) is 38.7 Å². The number of likely N-dealkylation sites (tertiary alicyclic amines) is 1. The van der Waals surface area contributed by atoms with Crippen LogP contribution in [0.3, 0.4) is 0 Å². The summed E-state index contributed by atoms with van der Waals surface area (Å²) in [6, 6.07) is 3.47. The first kappa shape index (κ1) is 19.1. The minimum atomic E-state index is -0.979. The van der Waals surface area contributed by atoms with E-state index in [-0.39, 0.29) is 41.8 Å². The molecule has 1 heterocycles. The van der Waals surface area contributed by atoms with Crippen molar-refractivity contribution in [3.63, 3.8) is 0 Å². The third kappa shape index (κ3) is 4.46. The zero-order valence-corrected chi connectivity index (χ0v) is 15.1. The topological polar surface area (TPSA) is 52.7 Å². The van der Waals surface area contributed by atoms with E-state index in [4.69, 9.17) is 0 Å². The van der Waals surface area contributed by atoms with Crippen molar-refractivity contribution in [2.75, 3.05) is 27.2 Å². The first-order chi connectivity index (χ1) is 11.7. The number of amides is 3. The van der Waals surface area contributed by atoms with Gasteiger partial charge in [0.05, 0.1) is 12.5 Å². The Hall–Kier alpha value is -2.18. The predicted molar refractivity (Wildman–Crippen MR) is 91.0 cm³/mol. The summed E-state index contributed by atoms with van der Waals surface area (Å²) in [6.07, 6.45) is -0.192. The van der Waals surface area contributed by atoms with Crippen LogP contribution < -0.4 is 5.32 Å². The molecular formula is C18H25F2N3O2. The maximum Gasteiger partial charge on any atom is 0.317 e. The normalized spacial score (nSPS) is 20.0. The Bertz CT molecular complexity index is 649. The summed E-state index contributed by atoms with van der Waals surface area (Å²) in [6.45, 7) is 4.95. The average molecular weight is 353 g/mol. The summed E-state index contributed by atoms with van der Waals surface area (Å²) in [7, 11) is 3.31. The van der Waals surface area contributed by atoms with Gasteiger partial charge in [-0.15, -0.1) is 0 Å². The van der Waals surface area contributed by atoms with Gasteiger partial charge in [-0.25, -0.2) is 13.6 Å². The van der Waals surface area contributed by atoms with Gasteiger partial charge in [-0.1, -0.05) is 26.0 Å². The number of hydrogen-bond acceptors (Lipinski definition) is 2. The second-order valence-electron chi connectivity index (χ2n) is 7.05. The van der Waals surface area contributed by atoms with Crippen molar-refractivity contribution < 1.29 is 18.4 Å². The largest absolute Gasteiger partial charge is 0.340 e. The van der Waals surface area contributed by atoms with Crippen LogP contribution in [0.5, 0.6) is 0 Å². The molecule has 0 radical (unpaired) electrons. The molecule has 0 saturated carbocycles. The molecule has 1 aliphatic rings. The molecule has 5 nitrogen and oxygen atoms in total. The SMILES string of the molecule is CC(C)C1CN(C(=O)Cc2cccc(F)c2F)CC1NC(=O)N(C)C. The lowest BCUT2D eigenvalue weighted by Gasteiger charge is -2.24. The average Bonchev–Trinajstić information content (AvgIpc) is 2.96. The Kier molecular flexibility index (Phi) is 5.98. The monoisotopic (exact) mass is 353 g/mol. The second-order valence-corrected chi connectivity index (χ2v) is 7.05. The van der Waals surface area contributed by atoms with E-state index in [0.717, 1.165) is 6.07 Å². The van der Waals surface area contributed by atoms with Gasteiger partial charge >= 0.3 is 6.03 Å². The number of halogens is 2. The maximum absolute atomic E-state index is 13.8. The molecule has 0 aromatic heterocycles. The van der Waals surface area contributed by atoms with Crippen molar-refractivity contribution >= 4 is 11.9 Å². The Morgan fingerprint density at radius 2 is 1.96 bits per heavy atom. The van der Waals surface area contributed by atoms with Crippen LogP contribution in [0.15, 0.2) is 18.2 Å². The van der Waals surface area contributed by atoms with Gasteiger partial charge in [-0.05, 0) is 12.0 Å². The molecular weight excluding hydrogens is 328 g/mol. The smallest absolute Gasteiger partial charge is 0.317 e. The summed E-state index contributed by atoms with van der Waals surface area (Å²) >= 11 is 0. The summed E-state index contributed by atoms with van der Waals surface area (Å²) in [5.41, 5.74) is 0.0480. The van der Waals surface area contributed by atoms with E-state index >= 15 is 0 Å². The van der Waals surface area contributed by atoms with Crippen LogP contribution >= 0.6 is 0 Å². The van der Waals surface area contributed by atoms with E-state index in [2.05, 4.69) is 5.32 Å². The first-order valence-corrected chi connectivity index (χ1v) is 8.39. The van der Waals surface area contributed by atoms with E-state index in [0.29, 0.717) is 13.1 Å². The molecule has 3 amide bonds. The highest BCUT2D eigenvalue weighted by Crippen LogP contribution is 2.25. The summed E-state index contributed by atoms with van der Waals surface area (Å²) in [5.74, 6) is -1.81. The van der Waals surface area contributed by atoms with Gasteiger partial charge in [-0.2, -0.15) is 0 Å². The van der Waals surface area contributed by atoms with Crippen LogP contribution in [-0.4, -0.2) is 55.0 Å². The van der Waals surface area contributed by atoms with Crippen LogP contribution in [0.2, 0.25) is 0 Å². The zero-order valence-electron chi connectivity index (χ0n) is 15.1. The number of nitrogens with one attached hydrogen (secondary N) is 1. The van der Waals surface area contributed by atoms with Gasteiger partial charge in [0.25, 0.3) is 0 Å². The molecule has 7 heteroatoms. The molecule has 0 spiro atoms. The lowest BCUT2D eigenvalue weighted by Crippen LogP contribution is -2.46. The van der Waals surface area contributed by atoms with Gasteiger partial charge in [0.1, 0.15) is 0 Å². The van der Waals surface area contributed by atoms with Gasteiger partial charge in [-0.3, -0.25) is 4.79 Å². The number of hydrogen-bond donors (Lipinski definition) is 1. The molecule has 25 heavy (non-hydrogen) atoms. The van der Waals surface area contributed by atoms with Crippen LogP contribution in [0.4, 0.5) is 13.6 Å². The minimum absolute atomic E-state index is 0.0480. The number of carbonyl (C=O) groups is 2. The van der Waals surface area contributed by atoms with Gasteiger partial charge in [0.15, 0.2) is 11.6 Å². The second kappa shape index (κ2) is 7.80. The van der Waals surface area contributed by atoms with Gasteiger partial charge < -0.3 is 15.1 Å². The van der Waals surface area contributed by atoms with Crippen LogP contribution in [-0.2, 0) is 11.2 Å². The molecule has 2 atom stereocenters. The molecule has 2 unspecified atom stereocenters. The summed E-state index contributed by atoms with van der Waals surface area (Å²) in [5, 5.41) is 2.94. The molecule has 1 aromatic rings. The number of carbonyl (C=O) groups excluding carboxylic acids is 2. The predicted octanol–water partition coefficient (Wildman–Crippen LogP) is 2.26. The Morgan fingerprint density at radius 3 is 2.56 bits per heavy atom. The Balaban J connectivity index is 2.08. The van der Waals surface area contributed by atoms with E-state index < -0.39 is 11.6 Å². The highest BCUT2D eigenvalue weighted by atomic mass is 19.2. The lowest BCUT2D eigenvalue weighted by atomic mass is 9.91. The molecule has 1 saturated heterocycles. The molecule has 1 fully saturated rings. The van der Waals surface area contributed by atoms with Crippen molar-refractivity contribution in [2.24, 2.45) is 11.8 Å². The Labute approximate surface area is 147 Å². The highest BCUT2D eigenvalue weighted by Gasteiger charge is 2.38. The number of benzene rings is 1. The Morgan fingerprint density at radius 1 is 1.28 bits per heavy atom. The van der Waals surface area contributed by atoms with Crippen molar-refractivity contribution in [1.29, 1.82) is 0 Å². The van der Waals surface area contributed by atoms with E-state index in [1.165, 1.54) is 17.0 Å². The van der Waals surface area contributed by atoms with Crippen molar-refractivity contribution in [1.82, 2.24) is 15.1 Å².